The zero-order valence-electron chi connectivity index (χ0n) is 16.0. The van der Waals surface area contributed by atoms with Gasteiger partial charge in [0.05, 0.1) is 0 Å². The molecule has 2 aromatic rings. The number of amides is 1. The first-order valence-electron chi connectivity index (χ1n) is 9.05. The molecule has 0 spiro atoms. The molecule has 0 radical (unpaired) electrons. The average molecular weight is 341 g/mol. The van der Waals surface area contributed by atoms with Gasteiger partial charge in [0.15, 0.2) is 0 Å². The second-order valence-electron chi connectivity index (χ2n) is 7.17. The lowest BCUT2D eigenvalue weighted by molar-refractivity contribution is 0.0745. The van der Waals surface area contributed by atoms with Crippen molar-refractivity contribution in [3.8, 4) is 0 Å². The molecule has 0 atom stereocenters. The lowest BCUT2D eigenvalue weighted by atomic mass is 10.1. The van der Waals surface area contributed by atoms with E-state index in [1.807, 2.05) is 35.2 Å². The van der Waals surface area contributed by atoms with Gasteiger partial charge in [0.1, 0.15) is 0 Å². The van der Waals surface area contributed by atoms with Gasteiger partial charge >= 0.3 is 0 Å². The van der Waals surface area contributed by atoms with E-state index in [4.69, 9.17) is 0 Å². The van der Waals surface area contributed by atoms with E-state index in [9.17, 15) is 4.79 Å². The van der Waals surface area contributed by atoms with E-state index in [2.05, 4.69) is 50.1 Å². The molecule has 2 aromatic carbocycles. The summed E-state index contributed by atoms with van der Waals surface area (Å²) < 4.78 is 0. The third-order valence-electron chi connectivity index (χ3n) is 4.35. The van der Waals surface area contributed by atoms with Gasteiger partial charge in [-0.25, -0.2) is 0 Å². The summed E-state index contributed by atoms with van der Waals surface area (Å²) in [5.41, 5.74) is 0.786. The lowest BCUT2D eigenvalue weighted by Gasteiger charge is -2.24. The van der Waals surface area contributed by atoms with Crippen LogP contribution in [-0.2, 0) is 0 Å². The lowest BCUT2D eigenvalue weighted by Crippen LogP contribution is -2.35. The maximum atomic E-state index is 13.0. The van der Waals surface area contributed by atoms with Crippen LogP contribution in [0.2, 0.25) is 0 Å². The van der Waals surface area contributed by atoms with Crippen LogP contribution in [0.3, 0.4) is 0 Å². The van der Waals surface area contributed by atoms with Crippen LogP contribution in [-0.4, -0.2) is 75.0 Å². The fraction of sp³-hybridized carbons (Fsp3) is 0.476. The van der Waals surface area contributed by atoms with Gasteiger partial charge in [0.2, 0.25) is 0 Å². The van der Waals surface area contributed by atoms with Crippen LogP contribution in [0.15, 0.2) is 42.5 Å². The summed E-state index contributed by atoms with van der Waals surface area (Å²) in [6.45, 7) is 3.60. The van der Waals surface area contributed by atoms with E-state index in [-0.39, 0.29) is 5.91 Å². The van der Waals surface area contributed by atoms with Crippen LogP contribution in [0.4, 0.5) is 0 Å². The number of fused-ring (bicyclic) bond motifs is 1. The van der Waals surface area contributed by atoms with Crippen molar-refractivity contribution >= 4 is 16.7 Å². The van der Waals surface area contributed by atoms with Gasteiger partial charge in [-0.2, -0.15) is 0 Å². The Hall–Kier alpha value is -1.91. The van der Waals surface area contributed by atoms with Crippen molar-refractivity contribution in [3.63, 3.8) is 0 Å². The predicted molar refractivity (Wildman–Crippen MR) is 106 cm³/mol. The molecule has 1 amide bonds. The molecule has 0 aromatic heterocycles. The van der Waals surface area contributed by atoms with Crippen LogP contribution in [0.5, 0.6) is 0 Å². The van der Waals surface area contributed by atoms with Crippen molar-refractivity contribution in [2.75, 3.05) is 54.4 Å². The zero-order valence-corrected chi connectivity index (χ0v) is 16.0. The highest BCUT2D eigenvalue weighted by Crippen LogP contribution is 2.17. The monoisotopic (exact) mass is 341 g/mol. The Kier molecular flexibility index (Phi) is 7.41. The normalized spacial score (nSPS) is 11.4. The number of nitrogens with zero attached hydrogens (tertiary/aromatic N) is 3. The minimum atomic E-state index is 0.142. The number of rotatable bonds is 9. The molecule has 0 unspecified atom stereocenters. The van der Waals surface area contributed by atoms with Crippen molar-refractivity contribution in [1.82, 2.24) is 14.7 Å². The van der Waals surface area contributed by atoms with Gasteiger partial charge < -0.3 is 14.7 Å². The first kappa shape index (κ1) is 19.4. The molecule has 0 N–H and O–H groups in total. The van der Waals surface area contributed by atoms with Gasteiger partial charge in [0.25, 0.3) is 5.91 Å². The Balaban J connectivity index is 2.10. The second-order valence-corrected chi connectivity index (χ2v) is 7.17. The quantitative estimate of drug-likeness (QED) is 0.701. The molecule has 0 saturated heterocycles. The average Bonchev–Trinajstić information content (AvgIpc) is 2.59. The van der Waals surface area contributed by atoms with Gasteiger partial charge in [-0.1, -0.05) is 30.3 Å². The summed E-state index contributed by atoms with van der Waals surface area (Å²) in [7, 11) is 8.28. The van der Waals surface area contributed by atoms with Crippen molar-refractivity contribution in [1.29, 1.82) is 0 Å². The van der Waals surface area contributed by atoms with Gasteiger partial charge in [-0.05, 0) is 77.0 Å². The summed E-state index contributed by atoms with van der Waals surface area (Å²) in [5, 5.41) is 2.29. The second kappa shape index (κ2) is 9.54. The fourth-order valence-corrected chi connectivity index (χ4v) is 2.98. The van der Waals surface area contributed by atoms with Crippen molar-refractivity contribution < 1.29 is 4.79 Å². The SMILES string of the molecule is CN(C)CCCN(CCCN(C)C)C(=O)c1ccc2ccccc2c1. The molecule has 0 heterocycles. The molecule has 0 aliphatic rings. The molecular formula is C21H31N3O. The molecule has 4 nitrogen and oxygen atoms in total. The predicted octanol–water partition coefficient (Wildman–Crippen LogP) is 3.19. The number of hydrogen-bond acceptors (Lipinski definition) is 3. The molecule has 0 bridgehead atoms. The minimum Gasteiger partial charge on any atom is -0.339 e. The first-order valence-corrected chi connectivity index (χ1v) is 9.05. The third-order valence-corrected chi connectivity index (χ3v) is 4.35. The largest absolute Gasteiger partial charge is 0.339 e. The summed E-state index contributed by atoms with van der Waals surface area (Å²) in [6.07, 6.45) is 1.99. The first-order chi connectivity index (χ1) is 12.0. The Bertz CT molecular complexity index is 668. The van der Waals surface area contributed by atoms with Crippen molar-refractivity contribution in [3.05, 3.63) is 48.0 Å². The van der Waals surface area contributed by atoms with E-state index in [1.54, 1.807) is 0 Å². The molecular weight excluding hydrogens is 310 g/mol. The minimum absolute atomic E-state index is 0.142. The Labute approximate surface area is 152 Å². The van der Waals surface area contributed by atoms with Crippen molar-refractivity contribution in [2.45, 2.75) is 12.8 Å². The summed E-state index contributed by atoms with van der Waals surface area (Å²) in [6, 6.07) is 14.2. The van der Waals surface area contributed by atoms with E-state index in [0.29, 0.717) is 0 Å². The van der Waals surface area contributed by atoms with E-state index < -0.39 is 0 Å². The molecule has 0 saturated carbocycles. The Morgan fingerprint density at radius 2 is 1.32 bits per heavy atom. The van der Waals surface area contributed by atoms with Crippen LogP contribution in [0, 0.1) is 0 Å². The highest BCUT2D eigenvalue weighted by molar-refractivity contribution is 5.98. The molecule has 4 heteroatoms. The number of carbonyl (C=O) groups is 1. The molecule has 0 aliphatic heterocycles. The van der Waals surface area contributed by atoms with Gasteiger partial charge in [0, 0.05) is 18.7 Å². The standard InChI is InChI=1S/C21H31N3O/c1-22(2)13-7-15-24(16-8-14-23(3)4)21(25)20-12-11-18-9-5-6-10-19(18)17-20/h5-6,9-12,17H,7-8,13-16H2,1-4H3. The highest BCUT2D eigenvalue weighted by atomic mass is 16.2. The smallest absolute Gasteiger partial charge is 0.253 e. The molecule has 136 valence electrons. The fourth-order valence-electron chi connectivity index (χ4n) is 2.98. The van der Waals surface area contributed by atoms with Gasteiger partial charge in [-0.15, -0.1) is 0 Å². The Morgan fingerprint density at radius 1 is 0.760 bits per heavy atom. The van der Waals surface area contributed by atoms with Crippen LogP contribution in [0.25, 0.3) is 10.8 Å². The zero-order chi connectivity index (χ0) is 18.2. The maximum Gasteiger partial charge on any atom is 0.253 e. The van der Waals surface area contributed by atoms with Gasteiger partial charge in [-0.3, -0.25) is 4.79 Å². The van der Waals surface area contributed by atoms with E-state index >= 15 is 0 Å². The van der Waals surface area contributed by atoms with Crippen LogP contribution in [0.1, 0.15) is 23.2 Å². The molecule has 25 heavy (non-hydrogen) atoms. The number of carbonyl (C=O) groups excluding carboxylic acids is 1. The van der Waals surface area contributed by atoms with Crippen molar-refractivity contribution in [2.24, 2.45) is 0 Å². The topological polar surface area (TPSA) is 26.8 Å². The highest BCUT2D eigenvalue weighted by Gasteiger charge is 2.16. The third kappa shape index (κ3) is 6.15. The Morgan fingerprint density at radius 3 is 1.88 bits per heavy atom. The number of benzene rings is 2. The molecule has 2 rings (SSSR count). The summed E-state index contributed by atoms with van der Waals surface area (Å²) in [4.78, 5) is 19.4. The summed E-state index contributed by atoms with van der Waals surface area (Å²) in [5.74, 6) is 0.142. The summed E-state index contributed by atoms with van der Waals surface area (Å²) >= 11 is 0. The van der Waals surface area contributed by atoms with Crippen LogP contribution < -0.4 is 0 Å². The maximum absolute atomic E-state index is 13.0. The van der Waals surface area contributed by atoms with Crippen LogP contribution >= 0.6 is 0 Å². The molecule has 0 fully saturated rings. The molecule has 0 aliphatic carbocycles. The van der Waals surface area contributed by atoms with E-state index in [1.165, 1.54) is 5.39 Å². The van der Waals surface area contributed by atoms with E-state index in [0.717, 1.165) is 50.0 Å². The number of hydrogen-bond donors (Lipinski definition) is 0.